The number of fused-ring (bicyclic) bond motifs is 1. The molecular weight excluding hydrogens is 192 g/mol. The number of hydrogen-bond donors (Lipinski definition) is 0. The Kier molecular flexibility index (Phi) is 2.11. The minimum atomic E-state index is -0.291. The second-order valence-corrected chi connectivity index (χ2v) is 3.34. The Morgan fingerprint density at radius 2 is 2.00 bits per heavy atom. The van der Waals surface area contributed by atoms with Crippen LogP contribution in [0.3, 0.4) is 0 Å². The van der Waals surface area contributed by atoms with Gasteiger partial charge >= 0.3 is 0 Å². The van der Waals surface area contributed by atoms with Gasteiger partial charge in [-0.25, -0.2) is 0 Å². The van der Waals surface area contributed by atoms with Crippen LogP contribution in [0.15, 0.2) is 29.1 Å². The molecule has 0 saturated heterocycles. The van der Waals surface area contributed by atoms with Gasteiger partial charge in [-0.3, -0.25) is 14.2 Å². The van der Waals surface area contributed by atoms with Crippen LogP contribution in [-0.4, -0.2) is 15.5 Å². The van der Waals surface area contributed by atoms with Crippen molar-refractivity contribution >= 4 is 16.8 Å². The Bertz CT molecular complexity index is 599. The Labute approximate surface area is 86.2 Å². The van der Waals surface area contributed by atoms with Crippen molar-refractivity contribution in [3.8, 4) is 0 Å². The molecule has 0 spiro atoms. The average Bonchev–Trinajstić information content (AvgIpc) is 2.17. The summed E-state index contributed by atoms with van der Waals surface area (Å²) in [5.74, 6) is 0.280. The zero-order valence-corrected chi connectivity index (χ0v) is 8.52. The van der Waals surface area contributed by atoms with Crippen molar-refractivity contribution in [2.24, 2.45) is 0 Å². The fourth-order valence-electron chi connectivity index (χ4n) is 1.68. The van der Waals surface area contributed by atoms with Gasteiger partial charge in [0.05, 0.1) is 10.9 Å². The lowest BCUT2D eigenvalue weighted by molar-refractivity contribution is 0.0937. The first-order chi connectivity index (χ1) is 7.11. The van der Waals surface area contributed by atoms with Crippen LogP contribution in [0.5, 0.6) is 0 Å². The Morgan fingerprint density at radius 1 is 1.33 bits per heavy atom. The molecule has 0 aliphatic heterocycles. The minimum absolute atomic E-state index is 0.142. The van der Waals surface area contributed by atoms with Gasteiger partial charge in [-0.15, -0.1) is 0 Å². The molecule has 1 aromatic carbocycles. The zero-order chi connectivity index (χ0) is 11.0. The fourth-order valence-corrected chi connectivity index (χ4v) is 1.68. The van der Waals surface area contributed by atoms with Gasteiger partial charge in [0, 0.05) is 6.92 Å². The molecule has 4 heteroatoms. The number of hydrogen-bond acceptors (Lipinski definition) is 3. The summed E-state index contributed by atoms with van der Waals surface area (Å²) in [4.78, 5) is 26.8. The predicted molar refractivity (Wildman–Crippen MR) is 57.0 cm³/mol. The third-order valence-electron chi connectivity index (χ3n) is 2.28. The average molecular weight is 202 g/mol. The van der Waals surface area contributed by atoms with Crippen molar-refractivity contribution in [2.45, 2.75) is 13.8 Å². The number of carbonyl (C=O) groups excluding carboxylic acids is 1. The molecule has 4 nitrogen and oxygen atoms in total. The number of carbonyl (C=O) groups is 1. The normalized spacial score (nSPS) is 10.5. The highest BCUT2D eigenvalue weighted by Crippen LogP contribution is 2.10. The van der Waals surface area contributed by atoms with E-state index in [0.717, 1.165) is 0 Å². The molecule has 1 aromatic heterocycles. The van der Waals surface area contributed by atoms with E-state index >= 15 is 0 Å². The van der Waals surface area contributed by atoms with Crippen molar-refractivity contribution < 1.29 is 4.79 Å². The van der Waals surface area contributed by atoms with Crippen molar-refractivity contribution in [2.75, 3.05) is 0 Å². The Hall–Kier alpha value is -1.97. The summed E-state index contributed by atoms with van der Waals surface area (Å²) in [7, 11) is 0. The first-order valence-corrected chi connectivity index (χ1v) is 4.60. The molecule has 0 radical (unpaired) electrons. The maximum atomic E-state index is 11.5. The van der Waals surface area contributed by atoms with E-state index in [1.54, 1.807) is 31.2 Å². The molecule has 0 atom stereocenters. The number of nitrogens with zero attached hydrogens (tertiary/aromatic N) is 2. The van der Waals surface area contributed by atoms with Crippen LogP contribution in [0.25, 0.3) is 10.9 Å². The third-order valence-corrected chi connectivity index (χ3v) is 2.28. The zero-order valence-electron chi connectivity index (χ0n) is 8.52. The summed E-state index contributed by atoms with van der Waals surface area (Å²) in [5.41, 5.74) is 0.322. The molecule has 0 amide bonds. The molecule has 2 aromatic rings. The number of benzene rings is 1. The van der Waals surface area contributed by atoms with Crippen LogP contribution < -0.4 is 5.56 Å². The van der Waals surface area contributed by atoms with Crippen molar-refractivity contribution in [3.63, 3.8) is 0 Å². The monoisotopic (exact) mass is 202 g/mol. The number of aromatic nitrogens is 2. The molecule has 0 saturated carbocycles. The molecule has 0 unspecified atom stereocenters. The highest BCUT2D eigenvalue weighted by atomic mass is 16.2. The van der Waals surface area contributed by atoms with Crippen LogP contribution in [0, 0.1) is 6.92 Å². The summed E-state index contributed by atoms with van der Waals surface area (Å²) in [6.45, 7) is 3.10. The van der Waals surface area contributed by atoms with Gasteiger partial charge in [0.2, 0.25) is 5.91 Å². The van der Waals surface area contributed by atoms with Crippen LogP contribution in [0.2, 0.25) is 0 Å². The second kappa shape index (κ2) is 3.31. The first-order valence-electron chi connectivity index (χ1n) is 4.60. The summed E-state index contributed by atoms with van der Waals surface area (Å²) < 4.78 is 1.44. The van der Waals surface area contributed by atoms with E-state index in [4.69, 9.17) is 0 Å². The highest BCUT2D eigenvalue weighted by Gasteiger charge is 2.09. The van der Waals surface area contributed by atoms with Gasteiger partial charge in [-0.2, -0.15) is 4.98 Å². The van der Waals surface area contributed by atoms with E-state index in [1.165, 1.54) is 11.5 Å². The maximum absolute atomic E-state index is 11.5. The number of aryl methyl sites for hydroxylation is 1. The van der Waals surface area contributed by atoms with Gasteiger partial charge in [0.25, 0.3) is 5.56 Å². The lowest BCUT2D eigenvalue weighted by Gasteiger charge is -2.08. The SMILES string of the molecule is CC(=O)n1c(C)nc(=O)c2ccccc21. The number of para-hydroxylation sites is 1. The smallest absolute Gasteiger partial charge is 0.274 e. The first kappa shape index (κ1) is 9.58. The van der Waals surface area contributed by atoms with Gasteiger partial charge in [-0.1, -0.05) is 12.1 Å². The summed E-state index contributed by atoms with van der Waals surface area (Å²) in [5, 5.41) is 0.471. The van der Waals surface area contributed by atoms with Crippen molar-refractivity contribution in [3.05, 3.63) is 40.4 Å². The lowest BCUT2D eigenvalue weighted by Crippen LogP contribution is -2.20. The van der Waals surface area contributed by atoms with Crippen molar-refractivity contribution in [1.29, 1.82) is 0 Å². The Morgan fingerprint density at radius 3 is 2.67 bits per heavy atom. The standard InChI is InChI=1S/C11H10N2O2/c1-7-12-11(15)9-5-3-4-6-10(9)13(7)8(2)14/h3-6H,1-2H3. The highest BCUT2D eigenvalue weighted by molar-refractivity contribution is 5.89. The summed E-state index contributed by atoms with van der Waals surface area (Å²) in [6, 6.07) is 6.96. The van der Waals surface area contributed by atoms with Gasteiger partial charge in [0.15, 0.2) is 0 Å². The van der Waals surface area contributed by atoms with E-state index in [0.29, 0.717) is 16.7 Å². The second-order valence-electron chi connectivity index (χ2n) is 3.34. The van der Waals surface area contributed by atoms with Gasteiger partial charge in [0.1, 0.15) is 5.82 Å². The molecule has 0 N–H and O–H groups in total. The fraction of sp³-hybridized carbons (Fsp3) is 0.182. The van der Waals surface area contributed by atoms with E-state index in [-0.39, 0.29) is 11.5 Å². The molecule has 0 fully saturated rings. The minimum Gasteiger partial charge on any atom is -0.274 e. The largest absolute Gasteiger partial charge is 0.280 e. The molecule has 2 rings (SSSR count). The van der Waals surface area contributed by atoms with Crippen LogP contribution in [0.4, 0.5) is 0 Å². The van der Waals surface area contributed by atoms with Crippen molar-refractivity contribution in [1.82, 2.24) is 9.55 Å². The molecular formula is C11H10N2O2. The van der Waals surface area contributed by atoms with E-state index < -0.39 is 0 Å². The lowest BCUT2D eigenvalue weighted by atomic mass is 10.2. The van der Waals surface area contributed by atoms with Crippen LogP contribution >= 0.6 is 0 Å². The molecule has 76 valence electrons. The van der Waals surface area contributed by atoms with E-state index in [1.807, 2.05) is 0 Å². The summed E-state index contributed by atoms with van der Waals surface area (Å²) >= 11 is 0. The Balaban J connectivity index is 3.03. The molecule has 1 heterocycles. The third kappa shape index (κ3) is 1.44. The molecule has 0 bridgehead atoms. The van der Waals surface area contributed by atoms with Crippen LogP contribution in [0.1, 0.15) is 17.5 Å². The molecule has 15 heavy (non-hydrogen) atoms. The number of rotatable bonds is 0. The topological polar surface area (TPSA) is 52.0 Å². The van der Waals surface area contributed by atoms with Gasteiger partial charge in [-0.05, 0) is 19.1 Å². The van der Waals surface area contributed by atoms with E-state index in [9.17, 15) is 9.59 Å². The quantitative estimate of drug-likeness (QED) is 0.648. The van der Waals surface area contributed by atoms with E-state index in [2.05, 4.69) is 4.98 Å². The summed E-state index contributed by atoms with van der Waals surface area (Å²) in [6.07, 6.45) is 0. The molecule has 0 aliphatic rings. The molecule has 0 aliphatic carbocycles. The van der Waals surface area contributed by atoms with Gasteiger partial charge < -0.3 is 0 Å². The predicted octanol–water partition coefficient (Wildman–Crippen LogP) is 1.37. The maximum Gasteiger partial charge on any atom is 0.280 e. The van der Waals surface area contributed by atoms with Crippen LogP contribution in [-0.2, 0) is 0 Å².